The summed E-state index contributed by atoms with van der Waals surface area (Å²) in [4.78, 5) is 11.9. The fourth-order valence-electron chi connectivity index (χ4n) is 1.87. The van der Waals surface area contributed by atoms with Gasteiger partial charge in [-0.25, -0.2) is 0 Å². The molecule has 3 nitrogen and oxygen atoms in total. The van der Waals surface area contributed by atoms with E-state index in [0.717, 1.165) is 25.8 Å². The maximum absolute atomic E-state index is 11.9. The smallest absolute Gasteiger partial charge is 0.240 e. The molecule has 2 atom stereocenters. The van der Waals surface area contributed by atoms with Gasteiger partial charge in [0.05, 0.1) is 5.54 Å². The van der Waals surface area contributed by atoms with E-state index < -0.39 is 0 Å². The zero-order valence-corrected chi connectivity index (χ0v) is 9.10. The number of carbonyl (C=O) groups is 1. The average molecular weight is 196 g/mol. The van der Waals surface area contributed by atoms with E-state index in [-0.39, 0.29) is 17.5 Å². The van der Waals surface area contributed by atoms with E-state index in [1.807, 2.05) is 6.92 Å². The molecule has 80 valence electrons. The first kappa shape index (κ1) is 11.2. The monoisotopic (exact) mass is 196 g/mol. The topological polar surface area (TPSA) is 41.1 Å². The molecule has 1 fully saturated rings. The van der Waals surface area contributed by atoms with Gasteiger partial charge in [-0.15, -0.1) is 6.58 Å². The van der Waals surface area contributed by atoms with Crippen LogP contribution in [0.3, 0.4) is 0 Å². The Bertz CT molecular complexity index is 219. The largest absolute Gasteiger partial charge is 0.349 e. The second-order valence-corrected chi connectivity index (χ2v) is 3.96. The van der Waals surface area contributed by atoms with Crippen LogP contribution in [0.2, 0.25) is 0 Å². The summed E-state index contributed by atoms with van der Waals surface area (Å²) in [5, 5.41) is 6.25. The van der Waals surface area contributed by atoms with Crippen LogP contribution in [0.5, 0.6) is 0 Å². The number of carbonyl (C=O) groups excluding carboxylic acids is 1. The minimum absolute atomic E-state index is 0.0494. The average Bonchev–Trinajstić information content (AvgIpc) is 2.67. The molecule has 0 saturated carbocycles. The first-order valence-corrected chi connectivity index (χ1v) is 5.33. The van der Waals surface area contributed by atoms with Gasteiger partial charge in [0.1, 0.15) is 0 Å². The summed E-state index contributed by atoms with van der Waals surface area (Å²) >= 11 is 0. The molecular formula is C11H20N2O. The summed E-state index contributed by atoms with van der Waals surface area (Å²) in [5.74, 6) is 0.116. The van der Waals surface area contributed by atoms with E-state index in [0.29, 0.717) is 0 Å². The van der Waals surface area contributed by atoms with E-state index in [1.165, 1.54) is 0 Å². The van der Waals surface area contributed by atoms with Crippen LogP contribution in [0.4, 0.5) is 0 Å². The lowest BCUT2D eigenvalue weighted by molar-refractivity contribution is -0.127. The van der Waals surface area contributed by atoms with Gasteiger partial charge < -0.3 is 10.6 Å². The molecule has 3 heteroatoms. The van der Waals surface area contributed by atoms with Gasteiger partial charge in [0.15, 0.2) is 0 Å². The fraction of sp³-hybridized carbons (Fsp3) is 0.727. The maximum Gasteiger partial charge on any atom is 0.240 e. The molecule has 0 bridgehead atoms. The first-order chi connectivity index (χ1) is 6.64. The van der Waals surface area contributed by atoms with Crippen LogP contribution in [-0.2, 0) is 4.79 Å². The summed E-state index contributed by atoms with van der Waals surface area (Å²) in [6, 6.07) is 0.0494. The van der Waals surface area contributed by atoms with Gasteiger partial charge in [-0.3, -0.25) is 4.79 Å². The Labute approximate surface area is 86.0 Å². The Balaban J connectivity index is 2.60. The van der Waals surface area contributed by atoms with Crippen molar-refractivity contribution >= 4 is 5.91 Å². The van der Waals surface area contributed by atoms with Crippen molar-refractivity contribution in [3.8, 4) is 0 Å². The summed E-state index contributed by atoms with van der Waals surface area (Å²) in [7, 11) is 0. The van der Waals surface area contributed by atoms with Crippen molar-refractivity contribution in [2.75, 3.05) is 6.54 Å². The Kier molecular flexibility index (Phi) is 3.69. The van der Waals surface area contributed by atoms with E-state index in [4.69, 9.17) is 0 Å². The van der Waals surface area contributed by atoms with E-state index in [2.05, 4.69) is 24.1 Å². The SMILES string of the molecule is C=CC(C)NC(=O)C1(CC)CCCN1. The zero-order chi connectivity index (χ0) is 10.6. The molecule has 1 heterocycles. The lowest BCUT2D eigenvalue weighted by Gasteiger charge is -2.27. The Morgan fingerprint density at radius 2 is 2.50 bits per heavy atom. The van der Waals surface area contributed by atoms with Crippen molar-refractivity contribution in [3.63, 3.8) is 0 Å². The molecule has 0 aromatic rings. The summed E-state index contributed by atoms with van der Waals surface area (Å²) in [6.07, 6.45) is 4.63. The molecule has 2 N–H and O–H groups in total. The lowest BCUT2D eigenvalue weighted by Crippen LogP contribution is -2.54. The van der Waals surface area contributed by atoms with Crippen molar-refractivity contribution in [3.05, 3.63) is 12.7 Å². The van der Waals surface area contributed by atoms with Crippen molar-refractivity contribution in [1.29, 1.82) is 0 Å². The molecular weight excluding hydrogens is 176 g/mol. The lowest BCUT2D eigenvalue weighted by atomic mass is 9.93. The number of amides is 1. The van der Waals surface area contributed by atoms with Crippen LogP contribution < -0.4 is 10.6 Å². The van der Waals surface area contributed by atoms with Gasteiger partial charge in [0, 0.05) is 6.04 Å². The third kappa shape index (κ3) is 2.15. The normalized spacial score (nSPS) is 28.4. The molecule has 2 unspecified atom stereocenters. The van der Waals surface area contributed by atoms with Crippen LogP contribution in [0.1, 0.15) is 33.1 Å². The third-order valence-electron chi connectivity index (χ3n) is 2.99. The second kappa shape index (κ2) is 4.60. The summed E-state index contributed by atoms with van der Waals surface area (Å²) < 4.78 is 0. The van der Waals surface area contributed by atoms with Gasteiger partial charge >= 0.3 is 0 Å². The van der Waals surface area contributed by atoms with E-state index in [1.54, 1.807) is 6.08 Å². The molecule has 0 spiro atoms. The van der Waals surface area contributed by atoms with Crippen LogP contribution in [0.25, 0.3) is 0 Å². The predicted octanol–water partition coefficient (Wildman–Crippen LogP) is 1.21. The molecule has 1 saturated heterocycles. The fourth-order valence-corrected chi connectivity index (χ4v) is 1.87. The maximum atomic E-state index is 11.9. The molecule has 1 aliphatic rings. The van der Waals surface area contributed by atoms with Gasteiger partial charge in [0.25, 0.3) is 0 Å². The summed E-state index contributed by atoms with van der Waals surface area (Å²) in [5.41, 5.74) is -0.322. The quantitative estimate of drug-likeness (QED) is 0.664. The Morgan fingerprint density at radius 3 is 2.93 bits per heavy atom. The molecule has 1 aliphatic heterocycles. The van der Waals surface area contributed by atoms with Crippen molar-refractivity contribution in [1.82, 2.24) is 10.6 Å². The third-order valence-corrected chi connectivity index (χ3v) is 2.99. The van der Waals surface area contributed by atoms with Crippen LogP contribution >= 0.6 is 0 Å². The van der Waals surface area contributed by atoms with Gasteiger partial charge in [-0.2, -0.15) is 0 Å². The highest BCUT2D eigenvalue weighted by atomic mass is 16.2. The molecule has 0 radical (unpaired) electrons. The highest BCUT2D eigenvalue weighted by Crippen LogP contribution is 2.23. The van der Waals surface area contributed by atoms with Crippen molar-refractivity contribution in [2.45, 2.75) is 44.7 Å². The van der Waals surface area contributed by atoms with Crippen molar-refractivity contribution in [2.24, 2.45) is 0 Å². The van der Waals surface area contributed by atoms with Crippen LogP contribution in [-0.4, -0.2) is 24.0 Å². The summed E-state index contributed by atoms with van der Waals surface area (Å²) in [6.45, 7) is 8.59. The van der Waals surface area contributed by atoms with Crippen LogP contribution in [0.15, 0.2) is 12.7 Å². The van der Waals surface area contributed by atoms with Crippen LogP contribution in [0, 0.1) is 0 Å². The molecule has 0 aliphatic carbocycles. The second-order valence-electron chi connectivity index (χ2n) is 3.96. The molecule has 0 aromatic heterocycles. The number of hydrogen-bond acceptors (Lipinski definition) is 2. The van der Waals surface area contributed by atoms with Crippen molar-refractivity contribution < 1.29 is 4.79 Å². The van der Waals surface area contributed by atoms with Gasteiger partial charge in [0.2, 0.25) is 5.91 Å². The van der Waals surface area contributed by atoms with Gasteiger partial charge in [-0.05, 0) is 32.7 Å². The minimum Gasteiger partial charge on any atom is -0.349 e. The highest BCUT2D eigenvalue weighted by Gasteiger charge is 2.39. The Hall–Kier alpha value is -0.830. The first-order valence-electron chi connectivity index (χ1n) is 5.33. The molecule has 0 aromatic carbocycles. The van der Waals surface area contributed by atoms with Gasteiger partial charge in [-0.1, -0.05) is 13.0 Å². The number of nitrogens with one attached hydrogen (secondary N) is 2. The Morgan fingerprint density at radius 1 is 1.79 bits per heavy atom. The molecule has 14 heavy (non-hydrogen) atoms. The predicted molar refractivity (Wildman–Crippen MR) is 58.1 cm³/mol. The highest BCUT2D eigenvalue weighted by molar-refractivity contribution is 5.87. The number of rotatable bonds is 4. The number of hydrogen-bond donors (Lipinski definition) is 2. The zero-order valence-electron chi connectivity index (χ0n) is 9.10. The van der Waals surface area contributed by atoms with E-state index >= 15 is 0 Å². The standard InChI is InChI=1S/C11H20N2O/c1-4-9(3)13-10(14)11(5-2)7-6-8-12-11/h4,9,12H,1,5-8H2,2-3H3,(H,13,14). The minimum atomic E-state index is -0.322. The van der Waals surface area contributed by atoms with E-state index in [9.17, 15) is 4.79 Å². The molecule has 1 amide bonds. The molecule has 1 rings (SSSR count).